The number of ether oxygens (including phenoxy) is 1. The third-order valence-electron chi connectivity index (χ3n) is 2.69. The Kier molecular flexibility index (Phi) is 6.76. The van der Waals surface area contributed by atoms with Gasteiger partial charge in [-0.2, -0.15) is 0 Å². The topological polar surface area (TPSA) is 72.8 Å². The predicted octanol–water partition coefficient (Wildman–Crippen LogP) is 2.68. The van der Waals surface area contributed by atoms with Gasteiger partial charge in [0.05, 0.1) is 18.5 Å². The predicted molar refractivity (Wildman–Crippen MR) is 77.7 cm³/mol. The molecule has 0 aliphatic carbocycles. The van der Waals surface area contributed by atoms with E-state index in [1.54, 1.807) is 19.1 Å². The van der Waals surface area contributed by atoms with Crippen molar-refractivity contribution in [2.24, 2.45) is 0 Å². The summed E-state index contributed by atoms with van der Waals surface area (Å²) in [5, 5.41) is 10.0. The maximum atomic E-state index is 12.9. The highest BCUT2D eigenvalue weighted by molar-refractivity contribution is 7.68. The van der Waals surface area contributed by atoms with Gasteiger partial charge in [-0.1, -0.05) is 25.5 Å². The lowest BCUT2D eigenvalue weighted by atomic mass is 10.3. The summed E-state index contributed by atoms with van der Waals surface area (Å²) in [7, 11) is -3.45. The van der Waals surface area contributed by atoms with E-state index < -0.39 is 13.3 Å². The van der Waals surface area contributed by atoms with Crippen molar-refractivity contribution in [2.75, 3.05) is 19.4 Å². The van der Waals surface area contributed by atoms with Crippen LogP contribution in [0.5, 0.6) is 5.75 Å². The van der Waals surface area contributed by atoms with E-state index in [0.717, 1.165) is 12.8 Å². The molecular formula is C14H21O5P. The summed E-state index contributed by atoms with van der Waals surface area (Å²) in [5.74, 6) is -0.716. The summed E-state index contributed by atoms with van der Waals surface area (Å²) in [5.41, 5.74) is 0. The molecule has 20 heavy (non-hydrogen) atoms. The van der Waals surface area contributed by atoms with Crippen molar-refractivity contribution in [2.45, 2.75) is 26.7 Å². The SMILES string of the molecule is CCCCOP(=O)(CC(=O)OCC)c1ccccc1O. The summed E-state index contributed by atoms with van der Waals surface area (Å²) in [6.07, 6.45) is 1.27. The Bertz CT molecular complexity index is 486. The third-order valence-corrected chi connectivity index (χ3v) is 5.08. The van der Waals surface area contributed by atoms with Gasteiger partial charge in [-0.15, -0.1) is 0 Å². The van der Waals surface area contributed by atoms with Gasteiger partial charge in [-0.3, -0.25) is 9.36 Å². The van der Waals surface area contributed by atoms with E-state index in [1.165, 1.54) is 12.1 Å². The molecule has 1 atom stereocenters. The number of benzene rings is 1. The highest BCUT2D eigenvalue weighted by Gasteiger charge is 2.32. The normalized spacial score (nSPS) is 13.7. The first-order valence-electron chi connectivity index (χ1n) is 6.71. The van der Waals surface area contributed by atoms with Crippen LogP contribution in [0.4, 0.5) is 0 Å². The molecule has 0 saturated carbocycles. The first-order chi connectivity index (χ1) is 9.53. The van der Waals surface area contributed by atoms with Gasteiger partial charge < -0.3 is 14.4 Å². The molecule has 0 fully saturated rings. The zero-order chi connectivity index (χ0) is 15.0. The molecule has 1 N–H and O–H groups in total. The van der Waals surface area contributed by atoms with Crippen LogP contribution in [0.25, 0.3) is 0 Å². The molecule has 1 aromatic carbocycles. The van der Waals surface area contributed by atoms with Crippen molar-refractivity contribution in [3.63, 3.8) is 0 Å². The number of esters is 1. The molecule has 1 rings (SSSR count). The molecule has 0 aromatic heterocycles. The molecular weight excluding hydrogens is 279 g/mol. The van der Waals surface area contributed by atoms with Gasteiger partial charge in [0.2, 0.25) is 7.37 Å². The van der Waals surface area contributed by atoms with Gasteiger partial charge in [0.25, 0.3) is 0 Å². The summed E-state index contributed by atoms with van der Waals surface area (Å²) in [6.45, 7) is 4.16. The molecule has 0 aliphatic rings. The molecule has 112 valence electrons. The Morgan fingerprint density at radius 2 is 2.00 bits per heavy atom. The molecule has 0 bridgehead atoms. The van der Waals surface area contributed by atoms with Crippen molar-refractivity contribution in [1.82, 2.24) is 0 Å². The highest BCUT2D eigenvalue weighted by atomic mass is 31.2. The van der Waals surface area contributed by atoms with Crippen LogP contribution in [-0.2, 0) is 18.6 Å². The van der Waals surface area contributed by atoms with Crippen LogP contribution < -0.4 is 5.30 Å². The summed E-state index contributed by atoms with van der Waals surface area (Å²) < 4.78 is 23.2. The maximum Gasteiger partial charge on any atom is 0.315 e. The van der Waals surface area contributed by atoms with Gasteiger partial charge in [-0.05, 0) is 25.5 Å². The first-order valence-corrected chi connectivity index (χ1v) is 8.52. The van der Waals surface area contributed by atoms with Crippen LogP contribution in [0.15, 0.2) is 24.3 Å². The van der Waals surface area contributed by atoms with Crippen molar-refractivity contribution >= 4 is 18.6 Å². The molecule has 0 radical (unpaired) electrons. The van der Waals surface area contributed by atoms with Gasteiger partial charge in [-0.25, -0.2) is 0 Å². The molecule has 0 aliphatic heterocycles. The Morgan fingerprint density at radius 1 is 1.30 bits per heavy atom. The summed E-state index contributed by atoms with van der Waals surface area (Å²) in [6, 6.07) is 6.22. The van der Waals surface area contributed by atoms with E-state index in [9.17, 15) is 14.5 Å². The highest BCUT2D eigenvalue weighted by Crippen LogP contribution is 2.48. The van der Waals surface area contributed by atoms with Crippen molar-refractivity contribution in [3.8, 4) is 5.75 Å². The number of rotatable bonds is 8. The monoisotopic (exact) mass is 300 g/mol. The minimum atomic E-state index is -3.45. The van der Waals surface area contributed by atoms with Gasteiger partial charge in [0.15, 0.2) is 0 Å². The van der Waals surface area contributed by atoms with Crippen LogP contribution in [0.2, 0.25) is 0 Å². The largest absolute Gasteiger partial charge is 0.507 e. The number of aromatic hydroxyl groups is 1. The second-order valence-electron chi connectivity index (χ2n) is 4.31. The summed E-state index contributed by atoms with van der Waals surface area (Å²) in [4.78, 5) is 11.6. The number of phenols is 1. The molecule has 6 heteroatoms. The fraction of sp³-hybridized carbons (Fsp3) is 0.500. The average molecular weight is 300 g/mol. The smallest absolute Gasteiger partial charge is 0.315 e. The maximum absolute atomic E-state index is 12.9. The van der Waals surface area contributed by atoms with Crippen LogP contribution in [0.3, 0.4) is 0 Å². The van der Waals surface area contributed by atoms with E-state index in [-0.39, 0.29) is 30.4 Å². The van der Waals surface area contributed by atoms with Crippen LogP contribution >= 0.6 is 7.37 Å². The Hall–Kier alpha value is -1.32. The number of hydrogen-bond donors (Lipinski definition) is 1. The quantitative estimate of drug-likeness (QED) is 0.454. The minimum Gasteiger partial charge on any atom is -0.507 e. The number of para-hydroxylation sites is 1. The standard InChI is InChI=1S/C14H21O5P/c1-3-5-10-19-20(17,11-14(16)18-4-2)13-9-7-6-8-12(13)15/h6-9,15H,3-5,10-11H2,1-2H3. The Balaban J connectivity index is 2.97. The van der Waals surface area contributed by atoms with Crippen LogP contribution in [-0.4, -0.2) is 30.5 Å². The lowest BCUT2D eigenvalue weighted by Crippen LogP contribution is -2.18. The van der Waals surface area contributed by atoms with Gasteiger partial charge >= 0.3 is 5.97 Å². The second kappa shape index (κ2) is 8.08. The third kappa shape index (κ3) is 4.66. The lowest BCUT2D eigenvalue weighted by molar-refractivity contribution is -0.140. The van der Waals surface area contributed by atoms with Gasteiger partial charge in [0.1, 0.15) is 11.9 Å². The Labute approximate surface area is 119 Å². The van der Waals surface area contributed by atoms with Crippen molar-refractivity contribution in [3.05, 3.63) is 24.3 Å². The van der Waals surface area contributed by atoms with E-state index in [0.29, 0.717) is 0 Å². The molecule has 0 heterocycles. The number of carbonyl (C=O) groups is 1. The van der Waals surface area contributed by atoms with Gasteiger partial charge in [0, 0.05) is 0 Å². The average Bonchev–Trinajstić information content (AvgIpc) is 2.39. The molecule has 1 unspecified atom stereocenters. The molecule has 1 aromatic rings. The van der Waals surface area contributed by atoms with E-state index in [2.05, 4.69) is 0 Å². The lowest BCUT2D eigenvalue weighted by Gasteiger charge is -2.19. The number of carbonyl (C=O) groups excluding carboxylic acids is 1. The zero-order valence-corrected chi connectivity index (χ0v) is 12.8. The second-order valence-corrected chi connectivity index (χ2v) is 6.72. The molecule has 0 spiro atoms. The fourth-order valence-corrected chi connectivity index (χ4v) is 3.68. The van der Waals surface area contributed by atoms with Crippen molar-refractivity contribution < 1.29 is 23.7 Å². The molecule has 5 nitrogen and oxygen atoms in total. The molecule has 0 amide bonds. The first kappa shape index (κ1) is 16.7. The van der Waals surface area contributed by atoms with E-state index in [4.69, 9.17) is 9.26 Å². The minimum absolute atomic E-state index is 0.128. The fourth-order valence-electron chi connectivity index (χ4n) is 1.69. The summed E-state index contributed by atoms with van der Waals surface area (Å²) >= 11 is 0. The van der Waals surface area contributed by atoms with Crippen LogP contribution in [0.1, 0.15) is 26.7 Å². The number of phenolic OH excluding ortho intramolecular Hbond substituents is 1. The van der Waals surface area contributed by atoms with E-state index >= 15 is 0 Å². The van der Waals surface area contributed by atoms with Crippen molar-refractivity contribution in [1.29, 1.82) is 0 Å². The van der Waals surface area contributed by atoms with E-state index in [1.807, 2.05) is 6.92 Å². The number of hydrogen-bond acceptors (Lipinski definition) is 5. The van der Waals surface area contributed by atoms with Crippen LogP contribution in [0, 0.1) is 0 Å². The number of unbranched alkanes of at least 4 members (excludes halogenated alkanes) is 1. The Morgan fingerprint density at radius 3 is 2.60 bits per heavy atom. The zero-order valence-electron chi connectivity index (χ0n) is 11.9. The molecule has 0 saturated heterocycles.